The number of nitro groups is 1. The summed E-state index contributed by atoms with van der Waals surface area (Å²) in [4.78, 5) is 10.5. The van der Waals surface area contributed by atoms with Crippen molar-refractivity contribution >= 4 is 21.6 Å². The molecule has 0 heterocycles. The van der Waals surface area contributed by atoms with Crippen molar-refractivity contribution in [3.63, 3.8) is 0 Å². The van der Waals surface area contributed by atoms with Crippen LogP contribution in [-0.4, -0.2) is 4.92 Å². The van der Waals surface area contributed by atoms with E-state index < -0.39 is 16.8 Å². The Kier molecular flexibility index (Phi) is 4.54. The number of nitrogens with two attached hydrogens (primary N) is 1. The van der Waals surface area contributed by atoms with Gasteiger partial charge in [-0.25, -0.2) is 4.39 Å². The Labute approximate surface area is 128 Å². The molecule has 1 atom stereocenters. The number of hydrogen-bond donors (Lipinski definition) is 1. The van der Waals surface area contributed by atoms with Gasteiger partial charge in [0.15, 0.2) is 0 Å². The number of hydrogen-bond acceptors (Lipinski definition) is 4. The van der Waals surface area contributed by atoms with Crippen LogP contribution in [0.2, 0.25) is 0 Å². The molecule has 2 N–H and O–H groups in total. The summed E-state index contributed by atoms with van der Waals surface area (Å²) in [5.41, 5.74) is 5.69. The molecular formula is C14H12BrFN2O3. The van der Waals surface area contributed by atoms with E-state index in [1.807, 2.05) is 0 Å². The average molecular weight is 355 g/mol. The molecule has 0 saturated heterocycles. The molecule has 1 unspecified atom stereocenters. The second-order valence-electron chi connectivity index (χ2n) is 4.41. The lowest BCUT2D eigenvalue weighted by atomic mass is 10.1. The van der Waals surface area contributed by atoms with Crippen LogP contribution in [0.25, 0.3) is 0 Å². The predicted molar refractivity (Wildman–Crippen MR) is 79.9 cm³/mol. The molecule has 2 rings (SSSR count). The average Bonchev–Trinajstić information content (AvgIpc) is 2.40. The molecule has 0 amide bonds. The Morgan fingerprint density at radius 3 is 2.67 bits per heavy atom. The van der Waals surface area contributed by atoms with E-state index >= 15 is 0 Å². The first-order chi connectivity index (χ1) is 9.90. The Hall–Kier alpha value is -1.99. The van der Waals surface area contributed by atoms with E-state index in [1.54, 1.807) is 13.0 Å². The van der Waals surface area contributed by atoms with Crippen LogP contribution in [0.1, 0.15) is 18.5 Å². The maximum absolute atomic E-state index is 13.8. The molecule has 0 spiro atoms. The van der Waals surface area contributed by atoms with Crippen LogP contribution in [-0.2, 0) is 0 Å². The third kappa shape index (κ3) is 3.37. The summed E-state index contributed by atoms with van der Waals surface area (Å²) in [6.45, 7) is 1.61. The molecule has 0 bridgehead atoms. The zero-order valence-electron chi connectivity index (χ0n) is 11.0. The predicted octanol–water partition coefficient (Wildman–Crippen LogP) is 4.31. The summed E-state index contributed by atoms with van der Waals surface area (Å²) in [6.07, 6.45) is 0. The molecule has 110 valence electrons. The Morgan fingerprint density at radius 1 is 1.33 bits per heavy atom. The fourth-order valence-corrected chi connectivity index (χ4v) is 2.24. The van der Waals surface area contributed by atoms with Crippen LogP contribution < -0.4 is 10.5 Å². The fraction of sp³-hybridized carbons (Fsp3) is 0.143. The fourth-order valence-electron chi connectivity index (χ4n) is 1.89. The summed E-state index contributed by atoms with van der Waals surface area (Å²) in [5, 5.41) is 11.1. The smallest absolute Gasteiger partial charge is 0.312 e. The van der Waals surface area contributed by atoms with Crippen molar-refractivity contribution in [2.45, 2.75) is 13.0 Å². The zero-order chi connectivity index (χ0) is 15.6. The standard InChI is InChI=1S/C14H12BrFN2O3/c1-8(17)14-10(16)3-2-4-13(14)21-12-6-5-9(15)7-11(12)18(19)20/h2-8H,17H2,1H3. The molecule has 0 aliphatic heterocycles. The van der Waals surface area contributed by atoms with Gasteiger partial charge in [0.2, 0.25) is 5.75 Å². The molecule has 0 aliphatic rings. The molecule has 0 fully saturated rings. The van der Waals surface area contributed by atoms with Gasteiger partial charge in [-0.05, 0) is 31.2 Å². The van der Waals surface area contributed by atoms with Gasteiger partial charge in [0.05, 0.1) is 4.92 Å². The van der Waals surface area contributed by atoms with Crippen molar-refractivity contribution in [2.75, 3.05) is 0 Å². The van der Waals surface area contributed by atoms with Gasteiger partial charge in [-0.1, -0.05) is 22.0 Å². The number of nitrogens with zero attached hydrogens (tertiary/aromatic N) is 1. The molecular weight excluding hydrogens is 343 g/mol. The van der Waals surface area contributed by atoms with Crippen molar-refractivity contribution in [3.8, 4) is 11.5 Å². The second-order valence-corrected chi connectivity index (χ2v) is 5.33. The van der Waals surface area contributed by atoms with Crippen LogP contribution >= 0.6 is 15.9 Å². The van der Waals surface area contributed by atoms with Gasteiger partial charge in [0, 0.05) is 22.1 Å². The highest BCUT2D eigenvalue weighted by molar-refractivity contribution is 9.10. The van der Waals surface area contributed by atoms with E-state index in [1.165, 1.54) is 30.3 Å². The number of halogens is 2. The van der Waals surface area contributed by atoms with Crippen LogP contribution in [0.15, 0.2) is 40.9 Å². The largest absolute Gasteiger partial charge is 0.450 e. The highest BCUT2D eigenvalue weighted by Gasteiger charge is 2.20. The third-order valence-corrected chi connectivity index (χ3v) is 3.30. The topological polar surface area (TPSA) is 78.4 Å². The van der Waals surface area contributed by atoms with Gasteiger partial charge in [-0.3, -0.25) is 10.1 Å². The van der Waals surface area contributed by atoms with Crippen molar-refractivity contribution in [1.29, 1.82) is 0 Å². The minimum atomic E-state index is -0.601. The minimum Gasteiger partial charge on any atom is -0.450 e. The summed E-state index contributed by atoms with van der Waals surface area (Å²) in [6, 6.07) is 8.01. The first-order valence-electron chi connectivity index (χ1n) is 6.06. The lowest BCUT2D eigenvalue weighted by molar-refractivity contribution is -0.385. The van der Waals surface area contributed by atoms with Gasteiger partial charge in [-0.15, -0.1) is 0 Å². The minimum absolute atomic E-state index is 0.0238. The SMILES string of the molecule is CC(N)c1c(F)cccc1Oc1ccc(Br)cc1[N+](=O)[O-]. The Morgan fingerprint density at radius 2 is 2.05 bits per heavy atom. The van der Waals surface area contributed by atoms with E-state index in [4.69, 9.17) is 10.5 Å². The van der Waals surface area contributed by atoms with Crippen molar-refractivity contribution in [1.82, 2.24) is 0 Å². The quantitative estimate of drug-likeness (QED) is 0.655. The van der Waals surface area contributed by atoms with Crippen LogP contribution in [0, 0.1) is 15.9 Å². The highest BCUT2D eigenvalue weighted by Crippen LogP contribution is 2.36. The molecule has 0 aromatic heterocycles. The molecule has 2 aromatic rings. The summed E-state index contributed by atoms with van der Waals surface area (Å²) < 4.78 is 19.9. The van der Waals surface area contributed by atoms with E-state index in [-0.39, 0.29) is 22.7 Å². The maximum Gasteiger partial charge on any atom is 0.312 e. The summed E-state index contributed by atoms with van der Waals surface area (Å²) in [7, 11) is 0. The molecule has 2 aromatic carbocycles. The van der Waals surface area contributed by atoms with Gasteiger partial charge < -0.3 is 10.5 Å². The molecule has 5 nitrogen and oxygen atoms in total. The van der Waals surface area contributed by atoms with Gasteiger partial charge in [0.25, 0.3) is 0 Å². The number of rotatable bonds is 4. The van der Waals surface area contributed by atoms with Crippen molar-refractivity contribution in [3.05, 3.63) is 62.4 Å². The Bertz CT molecular complexity index is 692. The monoisotopic (exact) mass is 354 g/mol. The van der Waals surface area contributed by atoms with Crippen LogP contribution in [0.5, 0.6) is 11.5 Å². The Balaban J connectivity index is 2.49. The van der Waals surface area contributed by atoms with Gasteiger partial charge in [-0.2, -0.15) is 0 Å². The lowest BCUT2D eigenvalue weighted by Gasteiger charge is -2.14. The first-order valence-corrected chi connectivity index (χ1v) is 6.85. The van der Waals surface area contributed by atoms with E-state index in [0.717, 1.165) is 0 Å². The van der Waals surface area contributed by atoms with Crippen LogP contribution in [0.3, 0.4) is 0 Å². The van der Waals surface area contributed by atoms with E-state index in [0.29, 0.717) is 4.47 Å². The molecule has 0 aliphatic carbocycles. The van der Waals surface area contributed by atoms with E-state index in [2.05, 4.69) is 15.9 Å². The summed E-state index contributed by atoms with van der Waals surface area (Å²) >= 11 is 3.16. The second kappa shape index (κ2) is 6.19. The first kappa shape index (κ1) is 15.4. The normalized spacial score (nSPS) is 12.0. The maximum atomic E-state index is 13.8. The molecule has 0 saturated carbocycles. The zero-order valence-corrected chi connectivity index (χ0v) is 12.6. The van der Waals surface area contributed by atoms with Crippen LogP contribution in [0.4, 0.5) is 10.1 Å². The molecule has 7 heteroatoms. The van der Waals surface area contributed by atoms with Crippen molar-refractivity contribution in [2.24, 2.45) is 5.73 Å². The number of ether oxygens (including phenoxy) is 1. The number of nitro benzene ring substituents is 1. The molecule has 0 radical (unpaired) electrons. The van der Waals surface area contributed by atoms with E-state index in [9.17, 15) is 14.5 Å². The highest BCUT2D eigenvalue weighted by atomic mass is 79.9. The molecule has 21 heavy (non-hydrogen) atoms. The third-order valence-electron chi connectivity index (χ3n) is 2.81. The lowest BCUT2D eigenvalue weighted by Crippen LogP contribution is -2.09. The van der Waals surface area contributed by atoms with Gasteiger partial charge >= 0.3 is 5.69 Å². The number of benzene rings is 2. The van der Waals surface area contributed by atoms with Gasteiger partial charge in [0.1, 0.15) is 11.6 Å². The van der Waals surface area contributed by atoms with Crippen molar-refractivity contribution < 1.29 is 14.1 Å². The summed E-state index contributed by atoms with van der Waals surface area (Å²) in [5.74, 6) is -0.326.